The van der Waals surface area contributed by atoms with Crippen LogP contribution in [0.15, 0.2) is 48.5 Å². The molecule has 0 aliphatic rings. The number of nitrogens with one attached hydrogen (secondary N) is 1. The van der Waals surface area contributed by atoms with Crippen LogP contribution in [0.2, 0.25) is 0 Å². The largest absolute Gasteiger partial charge is 0.348 e. The summed E-state index contributed by atoms with van der Waals surface area (Å²) >= 11 is 0. The van der Waals surface area contributed by atoms with E-state index < -0.39 is 15.9 Å². The summed E-state index contributed by atoms with van der Waals surface area (Å²) in [7, 11) is -3.64. The fourth-order valence-electron chi connectivity index (χ4n) is 2.78. The van der Waals surface area contributed by atoms with Gasteiger partial charge in [-0.3, -0.25) is 9.10 Å². The maximum absolute atomic E-state index is 13.0. The Bertz CT molecular complexity index is 918. The van der Waals surface area contributed by atoms with E-state index in [9.17, 15) is 17.6 Å². The van der Waals surface area contributed by atoms with Crippen molar-refractivity contribution in [3.63, 3.8) is 0 Å². The van der Waals surface area contributed by atoms with Crippen molar-refractivity contribution in [1.82, 2.24) is 5.32 Å². The van der Waals surface area contributed by atoms with Crippen LogP contribution in [-0.2, 0) is 20.2 Å². The second-order valence-electron chi connectivity index (χ2n) is 7.91. The summed E-state index contributed by atoms with van der Waals surface area (Å²) in [5.74, 6) is -0.800. The summed E-state index contributed by atoms with van der Waals surface area (Å²) in [5, 5.41) is 2.76. The first-order chi connectivity index (χ1) is 12.9. The Morgan fingerprint density at radius 2 is 1.61 bits per heavy atom. The molecule has 2 rings (SSSR count). The van der Waals surface area contributed by atoms with Crippen LogP contribution in [0.3, 0.4) is 0 Å². The molecule has 0 aliphatic carbocycles. The van der Waals surface area contributed by atoms with Crippen LogP contribution < -0.4 is 9.62 Å². The lowest BCUT2D eigenvalue weighted by atomic mass is 9.87. The maximum Gasteiger partial charge on any atom is 0.241 e. The van der Waals surface area contributed by atoms with Gasteiger partial charge in [-0.2, -0.15) is 0 Å². The predicted octanol–water partition coefficient (Wildman–Crippen LogP) is 3.77. The van der Waals surface area contributed by atoms with E-state index in [1.807, 2.05) is 12.1 Å². The molecule has 0 fully saturated rings. The number of hydrogen-bond donors (Lipinski definition) is 1. The van der Waals surface area contributed by atoms with Gasteiger partial charge in [0.2, 0.25) is 15.9 Å². The highest BCUT2D eigenvalue weighted by molar-refractivity contribution is 7.92. The van der Waals surface area contributed by atoms with E-state index in [1.54, 1.807) is 31.2 Å². The topological polar surface area (TPSA) is 66.5 Å². The molecule has 0 aliphatic heterocycles. The van der Waals surface area contributed by atoms with Crippen LogP contribution >= 0.6 is 0 Å². The van der Waals surface area contributed by atoms with Gasteiger partial charge in [-0.05, 0) is 47.7 Å². The quantitative estimate of drug-likeness (QED) is 0.794. The summed E-state index contributed by atoms with van der Waals surface area (Å²) in [6.45, 7) is 7.63. The fourth-order valence-corrected chi connectivity index (χ4v) is 3.64. The Morgan fingerprint density at radius 3 is 2.07 bits per heavy atom. The van der Waals surface area contributed by atoms with E-state index >= 15 is 0 Å². The zero-order chi connectivity index (χ0) is 21.1. The van der Waals surface area contributed by atoms with Crippen molar-refractivity contribution in [1.29, 1.82) is 0 Å². The second-order valence-corrected chi connectivity index (χ2v) is 9.81. The van der Waals surface area contributed by atoms with E-state index in [2.05, 4.69) is 26.1 Å². The minimum atomic E-state index is -3.64. The summed E-state index contributed by atoms with van der Waals surface area (Å²) in [6.07, 6.45) is 1.07. The summed E-state index contributed by atoms with van der Waals surface area (Å²) < 4.78 is 38.6. The number of rotatable bonds is 6. The number of carbonyl (C=O) groups excluding carboxylic acids is 1. The standard InChI is InChI=1S/C21H27FN2O3S/c1-15(16-6-10-18(22)11-7-16)23-20(25)14-24(28(5,26)27)19-12-8-17(9-13-19)21(2,3)4/h6-13,15H,14H2,1-5H3,(H,23,25)/t15-/m1/s1. The lowest BCUT2D eigenvalue weighted by Gasteiger charge is -2.25. The van der Waals surface area contributed by atoms with Crippen LogP contribution in [0.5, 0.6) is 0 Å². The van der Waals surface area contributed by atoms with Gasteiger partial charge in [0, 0.05) is 0 Å². The van der Waals surface area contributed by atoms with E-state index in [-0.39, 0.29) is 23.8 Å². The molecule has 28 heavy (non-hydrogen) atoms. The molecule has 0 aromatic heterocycles. The number of anilines is 1. The first kappa shape index (κ1) is 21.9. The van der Waals surface area contributed by atoms with Crippen LogP contribution in [-0.4, -0.2) is 27.1 Å². The van der Waals surface area contributed by atoms with Gasteiger partial charge in [0.25, 0.3) is 0 Å². The lowest BCUT2D eigenvalue weighted by molar-refractivity contribution is -0.120. The number of benzene rings is 2. The Morgan fingerprint density at radius 1 is 1.07 bits per heavy atom. The third-order valence-corrected chi connectivity index (χ3v) is 5.60. The number of nitrogens with zero attached hydrogens (tertiary/aromatic N) is 1. The van der Waals surface area contributed by atoms with Crippen molar-refractivity contribution >= 4 is 21.6 Å². The van der Waals surface area contributed by atoms with Crippen LogP contribution in [0.25, 0.3) is 0 Å². The van der Waals surface area contributed by atoms with Crippen LogP contribution in [0.4, 0.5) is 10.1 Å². The molecule has 1 N–H and O–H groups in total. The van der Waals surface area contributed by atoms with Gasteiger partial charge in [-0.15, -0.1) is 0 Å². The van der Waals surface area contributed by atoms with E-state index in [4.69, 9.17) is 0 Å². The van der Waals surface area contributed by atoms with Gasteiger partial charge in [-0.1, -0.05) is 45.0 Å². The van der Waals surface area contributed by atoms with Gasteiger partial charge in [0.1, 0.15) is 12.4 Å². The average Bonchev–Trinajstić information content (AvgIpc) is 2.58. The predicted molar refractivity (Wildman–Crippen MR) is 110 cm³/mol. The minimum absolute atomic E-state index is 0.0591. The highest BCUT2D eigenvalue weighted by atomic mass is 32.2. The molecule has 2 aromatic carbocycles. The smallest absolute Gasteiger partial charge is 0.241 e. The number of halogens is 1. The number of carbonyl (C=O) groups is 1. The van der Waals surface area contributed by atoms with Crippen molar-refractivity contribution in [3.05, 3.63) is 65.5 Å². The fraction of sp³-hybridized carbons (Fsp3) is 0.381. The summed E-state index contributed by atoms with van der Waals surface area (Å²) in [4.78, 5) is 12.5. The lowest BCUT2D eigenvalue weighted by Crippen LogP contribution is -2.41. The Hall–Kier alpha value is -2.41. The minimum Gasteiger partial charge on any atom is -0.348 e. The molecule has 0 saturated carbocycles. The van der Waals surface area contributed by atoms with Crippen molar-refractivity contribution in [2.75, 3.05) is 17.1 Å². The van der Waals surface area contributed by atoms with Gasteiger partial charge in [-0.25, -0.2) is 12.8 Å². The molecular weight excluding hydrogens is 379 g/mol. The molecule has 7 heteroatoms. The zero-order valence-corrected chi connectivity index (χ0v) is 17.7. The van der Waals surface area contributed by atoms with Crippen molar-refractivity contribution in [3.8, 4) is 0 Å². The Kier molecular flexibility index (Phi) is 6.49. The van der Waals surface area contributed by atoms with E-state index in [0.29, 0.717) is 5.69 Å². The number of amides is 1. The third kappa shape index (κ3) is 5.79. The van der Waals surface area contributed by atoms with E-state index in [1.165, 1.54) is 12.1 Å². The molecule has 5 nitrogen and oxygen atoms in total. The molecule has 1 atom stereocenters. The second kappa shape index (κ2) is 8.31. The molecule has 0 heterocycles. The molecule has 0 radical (unpaired) electrons. The highest BCUT2D eigenvalue weighted by Gasteiger charge is 2.23. The molecular formula is C21H27FN2O3S. The third-order valence-electron chi connectivity index (χ3n) is 4.46. The normalized spacial score (nSPS) is 13.1. The van der Waals surface area contributed by atoms with Gasteiger partial charge >= 0.3 is 0 Å². The molecule has 2 aromatic rings. The average molecular weight is 407 g/mol. The zero-order valence-electron chi connectivity index (χ0n) is 16.9. The number of sulfonamides is 1. The van der Waals surface area contributed by atoms with Crippen molar-refractivity contribution in [2.24, 2.45) is 0 Å². The molecule has 152 valence electrons. The van der Waals surface area contributed by atoms with Gasteiger partial charge < -0.3 is 5.32 Å². The van der Waals surface area contributed by atoms with Crippen molar-refractivity contribution < 1.29 is 17.6 Å². The molecule has 0 unspecified atom stereocenters. The molecule has 1 amide bonds. The van der Waals surface area contributed by atoms with Crippen LogP contribution in [0, 0.1) is 5.82 Å². The summed E-state index contributed by atoms with van der Waals surface area (Å²) in [5.41, 5.74) is 2.17. The first-order valence-electron chi connectivity index (χ1n) is 9.01. The highest BCUT2D eigenvalue weighted by Crippen LogP contribution is 2.26. The van der Waals surface area contributed by atoms with Crippen LogP contribution in [0.1, 0.15) is 44.9 Å². The van der Waals surface area contributed by atoms with Crippen molar-refractivity contribution in [2.45, 2.75) is 39.2 Å². The summed E-state index contributed by atoms with van der Waals surface area (Å²) in [6, 6.07) is 12.6. The van der Waals surface area contributed by atoms with Gasteiger partial charge in [0.15, 0.2) is 0 Å². The molecule has 0 saturated heterocycles. The van der Waals surface area contributed by atoms with E-state index in [0.717, 1.165) is 21.7 Å². The molecule has 0 bridgehead atoms. The number of hydrogen-bond acceptors (Lipinski definition) is 3. The Balaban J connectivity index is 2.16. The van der Waals surface area contributed by atoms with Gasteiger partial charge in [0.05, 0.1) is 18.0 Å². The SMILES string of the molecule is C[C@@H](NC(=O)CN(c1ccc(C(C)(C)C)cc1)S(C)(=O)=O)c1ccc(F)cc1. The molecule has 0 spiro atoms. The monoisotopic (exact) mass is 406 g/mol. The maximum atomic E-state index is 13.0. The Labute approximate surface area is 166 Å². The first-order valence-corrected chi connectivity index (χ1v) is 10.9.